The summed E-state index contributed by atoms with van der Waals surface area (Å²) in [4.78, 5) is 24.7. The molecule has 23 heavy (non-hydrogen) atoms. The summed E-state index contributed by atoms with van der Waals surface area (Å²) in [5, 5.41) is 2.59. The average Bonchev–Trinajstić information content (AvgIpc) is 3.10. The van der Waals surface area contributed by atoms with Crippen molar-refractivity contribution in [1.82, 2.24) is 5.32 Å². The van der Waals surface area contributed by atoms with Crippen molar-refractivity contribution in [2.24, 2.45) is 0 Å². The van der Waals surface area contributed by atoms with E-state index in [0.717, 1.165) is 4.90 Å². The predicted octanol–water partition coefficient (Wildman–Crippen LogP) is 2.48. The predicted molar refractivity (Wildman–Crippen MR) is 85.6 cm³/mol. The summed E-state index contributed by atoms with van der Waals surface area (Å²) in [7, 11) is 1.48. The first-order chi connectivity index (χ1) is 11.1. The van der Waals surface area contributed by atoms with Crippen LogP contribution in [0.15, 0.2) is 45.9 Å². The third-order valence-corrected chi connectivity index (χ3v) is 3.73. The highest BCUT2D eigenvalue weighted by Crippen LogP contribution is 2.25. The van der Waals surface area contributed by atoms with E-state index < -0.39 is 11.9 Å². The molecule has 2 aromatic rings. The number of furan rings is 1. The summed E-state index contributed by atoms with van der Waals surface area (Å²) in [6, 6.07) is 8.63. The smallest absolute Gasteiger partial charge is 0.342 e. The van der Waals surface area contributed by atoms with E-state index >= 15 is 0 Å². The van der Waals surface area contributed by atoms with Crippen LogP contribution >= 0.6 is 11.8 Å². The first-order valence-corrected chi connectivity index (χ1v) is 8.04. The summed E-state index contributed by atoms with van der Waals surface area (Å²) >= 11 is 1.54. The number of amides is 1. The normalized spacial score (nSPS) is 10.2. The van der Waals surface area contributed by atoms with Crippen LogP contribution in [0.1, 0.15) is 16.1 Å². The zero-order valence-electron chi connectivity index (χ0n) is 12.8. The number of methoxy groups -OCH3 is 1. The quantitative estimate of drug-likeness (QED) is 0.619. The molecule has 7 heteroatoms. The van der Waals surface area contributed by atoms with E-state index in [1.807, 2.05) is 6.26 Å². The van der Waals surface area contributed by atoms with Gasteiger partial charge in [-0.05, 0) is 36.6 Å². The van der Waals surface area contributed by atoms with Gasteiger partial charge in [0.15, 0.2) is 6.61 Å². The van der Waals surface area contributed by atoms with Gasteiger partial charge in [-0.1, -0.05) is 0 Å². The molecule has 0 radical (unpaired) electrons. The number of thioether (sulfide) groups is 1. The SMILES string of the molecule is COc1cc(SC)ccc1C(=O)OCC(=O)NCc1ccco1. The van der Waals surface area contributed by atoms with Gasteiger partial charge in [0.1, 0.15) is 17.1 Å². The highest BCUT2D eigenvalue weighted by molar-refractivity contribution is 7.98. The highest BCUT2D eigenvalue weighted by Gasteiger charge is 2.16. The Labute approximate surface area is 138 Å². The standard InChI is InChI=1S/C16H17NO5S/c1-20-14-8-12(23-2)5-6-13(14)16(19)22-10-15(18)17-9-11-4-3-7-21-11/h3-8H,9-10H2,1-2H3,(H,17,18). The summed E-state index contributed by atoms with van der Waals surface area (Å²) < 4.78 is 15.3. The van der Waals surface area contributed by atoms with Gasteiger partial charge in [-0.25, -0.2) is 4.79 Å². The monoisotopic (exact) mass is 335 g/mol. The van der Waals surface area contributed by atoms with Crippen molar-refractivity contribution in [3.63, 3.8) is 0 Å². The number of hydrogen-bond donors (Lipinski definition) is 1. The van der Waals surface area contributed by atoms with Crippen LogP contribution in [0.2, 0.25) is 0 Å². The van der Waals surface area contributed by atoms with Gasteiger partial charge in [-0.3, -0.25) is 4.79 Å². The Balaban J connectivity index is 1.87. The van der Waals surface area contributed by atoms with Crippen LogP contribution in [0.4, 0.5) is 0 Å². The second kappa shape index (κ2) is 8.28. The lowest BCUT2D eigenvalue weighted by molar-refractivity contribution is -0.124. The van der Waals surface area contributed by atoms with Crippen molar-refractivity contribution in [3.05, 3.63) is 47.9 Å². The van der Waals surface area contributed by atoms with Gasteiger partial charge >= 0.3 is 5.97 Å². The summed E-state index contributed by atoms with van der Waals surface area (Å²) in [5.41, 5.74) is 0.282. The van der Waals surface area contributed by atoms with Crippen molar-refractivity contribution < 1.29 is 23.5 Å². The van der Waals surface area contributed by atoms with Gasteiger partial charge in [0.05, 0.1) is 19.9 Å². The Bertz CT molecular complexity index is 669. The highest BCUT2D eigenvalue weighted by atomic mass is 32.2. The van der Waals surface area contributed by atoms with Crippen LogP contribution < -0.4 is 10.1 Å². The molecular weight excluding hydrogens is 318 g/mol. The number of nitrogens with one attached hydrogen (secondary N) is 1. The second-order valence-electron chi connectivity index (χ2n) is 4.50. The summed E-state index contributed by atoms with van der Waals surface area (Å²) in [6.07, 6.45) is 3.45. The van der Waals surface area contributed by atoms with E-state index in [0.29, 0.717) is 11.5 Å². The van der Waals surface area contributed by atoms with Gasteiger partial charge in [-0.2, -0.15) is 0 Å². The van der Waals surface area contributed by atoms with Gasteiger partial charge < -0.3 is 19.2 Å². The average molecular weight is 335 g/mol. The largest absolute Gasteiger partial charge is 0.496 e. The number of ether oxygens (including phenoxy) is 2. The number of carbonyl (C=O) groups is 2. The van der Waals surface area contributed by atoms with Crippen LogP contribution in [0, 0.1) is 0 Å². The lowest BCUT2D eigenvalue weighted by Gasteiger charge is -2.10. The first-order valence-electron chi connectivity index (χ1n) is 6.82. The third kappa shape index (κ3) is 4.79. The van der Waals surface area contributed by atoms with Gasteiger partial charge in [0, 0.05) is 4.90 Å². The molecule has 0 aliphatic heterocycles. The molecule has 0 saturated heterocycles. The molecule has 0 unspecified atom stereocenters. The zero-order chi connectivity index (χ0) is 16.7. The fourth-order valence-corrected chi connectivity index (χ4v) is 2.25. The number of carbonyl (C=O) groups excluding carboxylic acids is 2. The minimum atomic E-state index is -0.609. The number of rotatable bonds is 7. The van der Waals surface area contributed by atoms with Crippen molar-refractivity contribution in [3.8, 4) is 5.75 Å². The fraction of sp³-hybridized carbons (Fsp3) is 0.250. The molecule has 0 fully saturated rings. The summed E-state index contributed by atoms with van der Waals surface area (Å²) in [6.45, 7) is -0.123. The molecule has 6 nitrogen and oxygen atoms in total. The second-order valence-corrected chi connectivity index (χ2v) is 5.38. The summed E-state index contributed by atoms with van der Waals surface area (Å²) in [5.74, 6) is 0.0222. The van der Waals surface area contributed by atoms with E-state index in [9.17, 15) is 9.59 Å². The Morgan fingerprint density at radius 3 is 2.78 bits per heavy atom. The molecule has 0 aliphatic rings. The molecular formula is C16H17NO5S. The minimum Gasteiger partial charge on any atom is -0.496 e. The van der Waals surface area contributed by atoms with Crippen LogP contribution in [0.3, 0.4) is 0 Å². The molecule has 0 atom stereocenters. The lowest BCUT2D eigenvalue weighted by Crippen LogP contribution is -2.28. The minimum absolute atomic E-state index is 0.245. The van der Waals surface area contributed by atoms with E-state index in [4.69, 9.17) is 13.9 Å². The molecule has 2 rings (SSSR count). The van der Waals surface area contributed by atoms with Crippen molar-refractivity contribution in [2.75, 3.05) is 20.0 Å². The molecule has 1 N–H and O–H groups in total. The number of hydrogen-bond acceptors (Lipinski definition) is 6. The maximum Gasteiger partial charge on any atom is 0.342 e. The van der Waals surface area contributed by atoms with E-state index in [2.05, 4.69) is 5.32 Å². The van der Waals surface area contributed by atoms with Gasteiger partial charge in [-0.15, -0.1) is 11.8 Å². The molecule has 1 aromatic heterocycles. The molecule has 1 amide bonds. The van der Waals surface area contributed by atoms with Crippen molar-refractivity contribution in [2.45, 2.75) is 11.4 Å². The van der Waals surface area contributed by atoms with E-state index in [-0.39, 0.29) is 18.7 Å². The van der Waals surface area contributed by atoms with Crippen molar-refractivity contribution >= 4 is 23.6 Å². The first kappa shape index (κ1) is 17.0. The maximum absolute atomic E-state index is 12.1. The molecule has 0 aliphatic carbocycles. The Morgan fingerprint density at radius 2 is 2.13 bits per heavy atom. The van der Waals surface area contributed by atoms with Crippen LogP contribution in [-0.2, 0) is 16.1 Å². The topological polar surface area (TPSA) is 77.8 Å². The van der Waals surface area contributed by atoms with Gasteiger partial charge in [0.25, 0.3) is 5.91 Å². The fourth-order valence-electron chi connectivity index (χ4n) is 1.83. The third-order valence-electron chi connectivity index (χ3n) is 3.00. The Kier molecular flexibility index (Phi) is 6.10. The van der Waals surface area contributed by atoms with Crippen LogP contribution in [-0.4, -0.2) is 31.8 Å². The molecule has 1 aromatic carbocycles. The number of esters is 1. The lowest BCUT2D eigenvalue weighted by atomic mass is 10.2. The van der Waals surface area contributed by atoms with Crippen LogP contribution in [0.25, 0.3) is 0 Å². The van der Waals surface area contributed by atoms with E-state index in [1.165, 1.54) is 25.1 Å². The van der Waals surface area contributed by atoms with E-state index in [1.54, 1.807) is 30.3 Å². The van der Waals surface area contributed by atoms with Gasteiger partial charge in [0.2, 0.25) is 0 Å². The molecule has 1 heterocycles. The molecule has 0 saturated carbocycles. The maximum atomic E-state index is 12.1. The Morgan fingerprint density at radius 1 is 1.30 bits per heavy atom. The van der Waals surface area contributed by atoms with Crippen molar-refractivity contribution in [1.29, 1.82) is 0 Å². The number of benzene rings is 1. The molecule has 0 spiro atoms. The Hall–Kier alpha value is -2.41. The molecule has 122 valence electrons. The zero-order valence-corrected chi connectivity index (χ0v) is 13.6. The van der Waals surface area contributed by atoms with Crippen LogP contribution in [0.5, 0.6) is 5.75 Å². The molecule has 0 bridgehead atoms.